The number of thioether (sulfide) groups is 1. The van der Waals surface area contributed by atoms with Crippen molar-refractivity contribution in [3.05, 3.63) is 29.8 Å². The molecule has 1 aromatic carbocycles. The van der Waals surface area contributed by atoms with Gasteiger partial charge in [-0.05, 0) is 31.2 Å². The number of esters is 1. The first kappa shape index (κ1) is 16.9. The maximum atomic E-state index is 11.1. The first-order valence-corrected chi connectivity index (χ1v) is 7.97. The highest BCUT2D eigenvalue weighted by molar-refractivity contribution is 7.99. The van der Waals surface area contributed by atoms with E-state index in [1.165, 1.54) is 12.7 Å². The summed E-state index contributed by atoms with van der Waals surface area (Å²) in [6.45, 7) is 5.60. The standard InChI is InChI=1S/C15H23NO3S/c1-4-16-14(10-20-11-15(17)18-3)12-6-8-13(9-7-12)19-5-2/h6-9,14,16H,4-5,10-11H2,1-3H3. The maximum absolute atomic E-state index is 11.1. The Balaban J connectivity index is 2.57. The molecule has 1 aromatic rings. The van der Waals surface area contributed by atoms with Gasteiger partial charge in [-0.3, -0.25) is 4.79 Å². The monoisotopic (exact) mass is 297 g/mol. The van der Waals surface area contributed by atoms with Crippen molar-refractivity contribution in [1.82, 2.24) is 5.32 Å². The Bertz CT molecular complexity index is 395. The molecule has 0 aromatic heterocycles. The lowest BCUT2D eigenvalue weighted by Gasteiger charge is -2.18. The van der Waals surface area contributed by atoms with E-state index in [0.717, 1.165) is 18.0 Å². The van der Waals surface area contributed by atoms with Crippen LogP contribution < -0.4 is 10.1 Å². The molecule has 5 heteroatoms. The second-order valence-corrected chi connectivity index (χ2v) is 5.23. The minimum atomic E-state index is -0.183. The zero-order chi connectivity index (χ0) is 14.8. The second kappa shape index (κ2) is 9.66. The lowest BCUT2D eigenvalue weighted by molar-refractivity contribution is -0.137. The largest absolute Gasteiger partial charge is 0.494 e. The van der Waals surface area contributed by atoms with Gasteiger partial charge in [-0.15, -0.1) is 11.8 Å². The third-order valence-corrected chi connectivity index (χ3v) is 3.78. The van der Waals surface area contributed by atoms with Crippen LogP contribution in [0.25, 0.3) is 0 Å². The van der Waals surface area contributed by atoms with Crippen molar-refractivity contribution >= 4 is 17.7 Å². The van der Waals surface area contributed by atoms with Gasteiger partial charge in [0.05, 0.1) is 19.5 Å². The summed E-state index contributed by atoms with van der Waals surface area (Å²) in [5, 5.41) is 3.43. The smallest absolute Gasteiger partial charge is 0.315 e. The molecule has 0 spiro atoms. The molecule has 1 atom stereocenters. The van der Waals surface area contributed by atoms with E-state index >= 15 is 0 Å². The molecule has 20 heavy (non-hydrogen) atoms. The van der Waals surface area contributed by atoms with Crippen molar-refractivity contribution in [3.63, 3.8) is 0 Å². The molecule has 0 fully saturated rings. The molecule has 0 aliphatic carbocycles. The van der Waals surface area contributed by atoms with Crippen molar-refractivity contribution < 1.29 is 14.3 Å². The lowest BCUT2D eigenvalue weighted by atomic mass is 10.1. The summed E-state index contributed by atoms with van der Waals surface area (Å²) in [6.07, 6.45) is 0. The molecular weight excluding hydrogens is 274 g/mol. The van der Waals surface area contributed by atoms with E-state index < -0.39 is 0 Å². The van der Waals surface area contributed by atoms with Crippen LogP contribution in [0.1, 0.15) is 25.5 Å². The number of benzene rings is 1. The summed E-state index contributed by atoms with van der Waals surface area (Å²) in [5.41, 5.74) is 1.20. The van der Waals surface area contributed by atoms with Gasteiger partial charge in [0.1, 0.15) is 5.75 Å². The summed E-state index contributed by atoms with van der Waals surface area (Å²) >= 11 is 1.57. The molecule has 0 radical (unpaired) electrons. The van der Waals surface area contributed by atoms with Crippen molar-refractivity contribution in [2.75, 3.05) is 31.8 Å². The Hall–Kier alpha value is -1.20. The van der Waals surface area contributed by atoms with Crippen LogP contribution in [0.2, 0.25) is 0 Å². The molecule has 0 aliphatic rings. The third kappa shape index (κ3) is 5.84. The number of ether oxygens (including phenoxy) is 2. The van der Waals surface area contributed by atoms with E-state index in [-0.39, 0.29) is 12.0 Å². The topological polar surface area (TPSA) is 47.6 Å². The van der Waals surface area contributed by atoms with Crippen molar-refractivity contribution in [1.29, 1.82) is 0 Å². The Morgan fingerprint density at radius 3 is 2.55 bits per heavy atom. The molecule has 1 unspecified atom stereocenters. The number of hydrogen-bond donors (Lipinski definition) is 1. The number of methoxy groups -OCH3 is 1. The molecular formula is C15H23NO3S. The number of carbonyl (C=O) groups is 1. The van der Waals surface area contributed by atoms with Crippen molar-refractivity contribution in [3.8, 4) is 5.75 Å². The SMILES string of the molecule is CCNC(CSCC(=O)OC)c1ccc(OCC)cc1. The average molecular weight is 297 g/mol. The van der Waals surface area contributed by atoms with Gasteiger partial charge in [0.15, 0.2) is 0 Å². The van der Waals surface area contributed by atoms with E-state index in [1.807, 2.05) is 19.1 Å². The van der Waals surface area contributed by atoms with Crippen LogP contribution in [0.4, 0.5) is 0 Å². The number of hydrogen-bond acceptors (Lipinski definition) is 5. The van der Waals surface area contributed by atoms with Crippen LogP contribution >= 0.6 is 11.8 Å². The highest BCUT2D eigenvalue weighted by Gasteiger charge is 2.11. The fourth-order valence-corrected chi connectivity index (χ4v) is 2.75. The van der Waals surface area contributed by atoms with Crippen molar-refractivity contribution in [2.24, 2.45) is 0 Å². The van der Waals surface area contributed by atoms with Crippen LogP contribution in [0.3, 0.4) is 0 Å². The average Bonchev–Trinajstić information content (AvgIpc) is 2.47. The van der Waals surface area contributed by atoms with Crippen LogP contribution in [0.5, 0.6) is 5.75 Å². The highest BCUT2D eigenvalue weighted by atomic mass is 32.2. The minimum absolute atomic E-state index is 0.183. The second-order valence-electron chi connectivity index (χ2n) is 4.20. The Labute approximate surface area is 125 Å². The quantitative estimate of drug-likeness (QED) is 0.710. The summed E-state index contributed by atoms with van der Waals surface area (Å²) in [5.74, 6) is 1.91. The van der Waals surface area contributed by atoms with E-state index in [2.05, 4.69) is 29.1 Å². The van der Waals surface area contributed by atoms with E-state index in [1.54, 1.807) is 11.8 Å². The summed E-state index contributed by atoms with van der Waals surface area (Å²) < 4.78 is 10.1. The van der Waals surface area contributed by atoms with Gasteiger partial charge in [-0.25, -0.2) is 0 Å². The highest BCUT2D eigenvalue weighted by Crippen LogP contribution is 2.21. The zero-order valence-corrected chi connectivity index (χ0v) is 13.2. The van der Waals surface area contributed by atoms with Gasteiger partial charge < -0.3 is 14.8 Å². The van der Waals surface area contributed by atoms with E-state index in [4.69, 9.17) is 4.74 Å². The zero-order valence-electron chi connectivity index (χ0n) is 12.3. The molecule has 1 N–H and O–H groups in total. The Morgan fingerprint density at radius 2 is 2.00 bits per heavy atom. The number of rotatable bonds is 9. The van der Waals surface area contributed by atoms with Crippen LogP contribution in [0, 0.1) is 0 Å². The minimum Gasteiger partial charge on any atom is -0.494 e. The van der Waals surface area contributed by atoms with Gasteiger partial charge in [0.25, 0.3) is 0 Å². The summed E-state index contributed by atoms with van der Waals surface area (Å²) in [6, 6.07) is 8.32. The van der Waals surface area contributed by atoms with Gasteiger partial charge in [-0.2, -0.15) is 0 Å². The molecule has 0 aliphatic heterocycles. The third-order valence-electron chi connectivity index (χ3n) is 2.78. The Kier molecular flexibility index (Phi) is 8.14. The predicted molar refractivity (Wildman–Crippen MR) is 83.4 cm³/mol. The fourth-order valence-electron chi connectivity index (χ4n) is 1.80. The normalized spacial score (nSPS) is 11.9. The molecule has 0 amide bonds. The Morgan fingerprint density at radius 1 is 1.30 bits per heavy atom. The molecule has 112 valence electrons. The maximum Gasteiger partial charge on any atom is 0.315 e. The predicted octanol–water partition coefficient (Wildman–Crippen LogP) is 2.64. The van der Waals surface area contributed by atoms with Crippen molar-refractivity contribution in [2.45, 2.75) is 19.9 Å². The van der Waals surface area contributed by atoms with Gasteiger partial charge >= 0.3 is 5.97 Å². The van der Waals surface area contributed by atoms with Crippen LogP contribution in [0.15, 0.2) is 24.3 Å². The van der Waals surface area contributed by atoms with Gasteiger partial charge in [0, 0.05) is 11.8 Å². The first-order valence-electron chi connectivity index (χ1n) is 6.81. The van der Waals surface area contributed by atoms with E-state index in [9.17, 15) is 4.79 Å². The lowest BCUT2D eigenvalue weighted by Crippen LogP contribution is -2.23. The fraction of sp³-hybridized carbons (Fsp3) is 0.533. The summed E-state index contributed by atoms with van der Waals surface area (Å²) in [4.78, 5) is 11.1. The first-order chi connectivity index (χ1) is 9.71. The molecule has 0 bridgehead atoms. The number of nitrogens with one attached hydrogen (secondary N) is 1. The molecule has 1 rings (SSSR count). The van der Waals surface area contributed by atoms with Gasteiger partial charge in [0.2, 0.25) is 0 Å². The van der Waals surface area contributed by atoms with Crippen LogP contribution in [-0.2, 0) is 9.53 Å². The van der Waals surface area contributed by atoms with Crippen LogP contribution in [-0.4, -0.2) is 37.7 Å². The molecule has 0 heterocycles. The molecule has 4 nitrogen and oxygen atoms in total. The summed E-state index contributed by atoms with van der Waals surface area (Å²) in [7, 11) is 1.41. The van der Waals surface area contributed by atoms with E-state index in [0.29, 0.717) is 12.4 Å². The van der Waals surface area contributed by atoms with Gasteiger partial charge in [-0.1, -0.05) is 19.1 Å². The molecule has 0 saturated heterocycles. The molecule has 0 saturated carbocycles. The number of carbonyl (C=O) groups excluding carboxylic acids is 1.